The Balaban J connectivity index is 0.861. The van der Waals surface area contributed by atoms with Crippen LogP contribution in [0.15, 0.2) is 48.5 Å². The van der Waals surface area contributed by atoms with Crippen molar-refractivity contribution < 1.29 is 57.2 Å². The topological polar surface area (TPSA) is 183 Å². The summed E-state index contributed by atoms with van der Waals surface area (Å²) in [5, 5.41) is 3.82. The Morgan fingerprint density at radius 3 is 1.26 bits per heavy atom. The predicted molar refractivity (Wildman–Crippen MR) is 343 cm³/mol. The molecule has 2 aromatic rings. The van der Waals surface area contributed by atoms with Crippen LogP contribution in [0.25, 0.3) is 0 Å². The summed E-state index contributed by atoms with van der Waals surface area (Å²) in [6.45, 7) is 40.9. The molecule has 9 fully saturated rings. The van der Waals surface area contributed by atoms with E-state index in [1.165, 1.54) is 5.56 Å². The number of hydrogen-bond donors (Lipinski definition) is 1. The molecule has 3 saturated heterocycles. The fourth-order valence-corrected chi connectivity index (χ4v) is 18.1. The first-order chi connectivity index (χ1) is 41.7. The summed E-state index contributed by atoms with van der Waals surface area (Å²) in [6, 6.07) is 17.2. The Bertz CT molecular complexity index is 2990. The zero-order valence-electron chi connectivity index (χ0n) is 57.8. The van der Waals surface area contributed by atoms with Crippen molar-refractivity contribution in [3.05, 3.63) is 70.8 Å². The highest BCUT2D eigenvalue weighted by Crippen LogP contribution is 3.11. The lowest BCUT2D eigenvalue weighted by atomic mass is 8.91. The third-order valence-corrected chi connectivity index (χ3v) is 20.8. The Kier molecular flexibility index (Phi) is 18.4. The first-order valence-electron chi connectivity index (χ1n) is 33.9. The predicted octanol–water partition coefficient (Wildman–Crippen LogP) is 12.1. The second kappa shape index (κ2) is 24.5. The van der Waals surface area contributed by atoms with E-state index in [9.17, 15) is 28.8 Å². The number of rotatable bonds is 21. The highest BCUT2D eigenvalue weighted by molar-refractivity contribution is 5.76. The van der Waals surface area contributed by atoms with E-state index in [-0.39, 0.29) is 70.7 Å². The summed E-state index contributed by atoms with van der Waals surface area (Å²) >= 11 is 0. The minimum atomic E-state index is -0.676. The number of carbonyl (C=O) groups excluding carboxylic acids is 6. The van der Waals surface area contributed by atoms with Crippen LogP contribution in [0.1, 0.15) is 173 Å². The van der Waals surface area contributed by atoms with E-state index in [0.29, 0.717) is 95.2 Å². The molecule has 0 radical (unpaired) electrons. The van der Waals surface area contributed by atoms with Gasteiger partial charge in [0.25, 0.3) is 0 Å². The maximum Gasteiger partial charge on any atom is 0.410 e. The number of nitrogens with zero attached hydrogens (tertiary/aromatic N) is 4. The van der Waals surface area contributed by atoms with E-state index in [2.05, 4.69) is 58.7 Å². The van der Waals surface area contributed by atoms with E-state index in [1.807, 2.05) is 125 Å². The van der Waals surface area contributed by atoms with Gasteiger partial charge in [0.05, 0.1) is 17.8 Å². The van der Waals surface area contributed by atoms with Gasteiger partial charge in [-0.05, 0) is 249 Å². The molecule has 6 saturated carbocycles. The lowest BCUT2D eigenvalue weighted by molar-refractivity contribution is -0.661. The molecule has 3 aliphatic heterocycles. The molecule has 0 spiro atoms. The molecule has 0 bridgehead atoms. The molecule has 498 valence electrons. The number of hydrogen-bond acceptors (Lipinski definition) is 14. The molecule has 90 heavy (non-hydrogen) atoms. The van der Waals surface area contributed by atoms with E-state index < -0.39 is 45.4 Å². The van der Waals surface area contributed by atoms with Crippen molar-refractivity contribution in [3.63, 3.8) is 0 Å². The van der Waals surface area contributed by atoms with Crippen molar-refractivity contribution in [1.82, 2.24) is 24.9 Å². The second-order valence-corrected chi connectivity index (χ2v) is 34.4. The highest BCUT2D eigenvalue weighted by atomic mass is 16.6. The number of esters is 3. The van der Waals surface area contributed by atoms with Gasteiger partial charge in [-0.3, -0.25) is 19.3 Å². The lowest BCUT2D eigenvalue weighted by Gasteiger charge is -3.12. The van der Waals surface area contributed by atoms with E-state index in [0.717, 1.165) is 67.5 Å². The molecule has 4 unspecified atom stereocenters. The molecule has 3 amide bonds. The van der Waals surface area contributed by atoms with Crippen LogP contribution < -0.4 is 5.32 Å². The summed E-state index contributed by atoms with van der Waals surface area (Å²) in [6.07, 6.45) is 2.87. The van der Waals surface area contributed by atoms with Crippen LogP contribution in [0.2, 0.25) is 0 Å². The van der Waals surface area contributed by atoms with Gasteiger partial charge < -0.3 is 48.4 Å². The molecule has 9 aliphatic rings. The zero-order chi connectivity index (χ0) is 65.6. The second-order valence-electron chi connectivity index (χ2n) is 34.4. The number of benzene rings is 2. The van der Waals surface area contributed by atoms with Gasteiger partial charge in [0, 0.05) is 72.0 Å². The minimum Gasteiger partial charge on any atom is -0.460 e. The van der Waals surface area contributed by atoms with Crippen molar-refractivity contribution in [3.8, 4) is 0 Å². The quantitative estimate of drug-likeness (QED) is 0.0708. The average Bonchev–Trinajstić information content (AvgIpc) is 1.15. The van der Waals surface area contributed by atoms with Crippen LogP contribution in [-0.2, 0) is 68.7 Å². The van der Waals surface area contributed by atoms with Crippen LogP contribution in [0, 0.1) is 81.8 Å². The van der Waals surface area contributed by atoms with Crippen molar-refractivity contribution in [2.24, 2.45) is 81.8 Å². The first-order valence-corrected chi connectivity index (χ1v) is 33.9. The van der Waals surface area contributed by atoms with Crippen LogP contribution >= 0.6 is 0 Å². The molecule has 2 aromatic carbocycles. The van der Waals surface area contributed by atoms with Gasteiger partial charge in [0.2, 0.25) is 0 Å². The van der Waals surface area contributed by atoms with Gasteiger partial charge >= 0.3 is 36.2 Å². The third kappa shape index (κ3) is 14.2. The largest absolute Gasteiger partial charge is 0.460 e. The summed E-state index contributed by atoms with van der Waals surface area (Å²) in [5.74, 6) is 1.95. The molecule has 0 aromatic heterocycles. The standard InChI is InChI=1S/C73H109N5O12/c1-66(2,3)85-60(79)51(48-25-29-76(40-48)63(82)88-69(10,11)12)35-44-21-19-23-46(33-44)38-74-28-32-75(39-47-24-20-22-45(34-47)36-52(61(80)86-67(4,5)6)49-26-30-77(41-49)64(83)89-70(13,14)15)43-73-57-54-56-55(57)59(73)72(56,58(54)73)37-53(62(81)87-68(7,8)9)50-27-31-78(42-50)65(84)90-71(16,17)18/h19-24,33-34,48-59,74H,25-32,35-43H2,1-18H3/t48-,49-,50-,51-,52-,53-,54?,55?,56?,57?,58?,59?,72?,73?/m0/s1. The molecule has 6 aliphatic carbocycles. The Hall–Kier alpha value is -5.42. The van der Waals surface area contributed by atoms with Crippen molar-refractivity contribution >= 4 is 36.2 Å². The lowest BCUT2D eigenvalue weighted by Crippen LogP contribution is -3.10. The van der Waals surface area contributed by atoms with Crippen molar-refractivity contribution in [2.45, 2.75) is 210 Å². The van der Waals surface area contributed by atoms with Gasteiger partial charge in [-0.1, -0.05) is 48.5 Å². The first kappa shape index (κ1) is 67.5. The maximum atomic E-state index is 14.5. The summed E-state index contributed by atoms with van der Waals surface area (Å²) < 4.78 is 35.7. The van der Waals surface area contributed by atoms with Gasteiger partial charge in [-0.15, -0.1) is 0 Å². The number of amides is 3. The SMILES string of the molecule is CC(C)(C)OC(=O)[C@@H](Cc1cccc(CNCCN(Cc2cccc(C[C@H](C(=O)OC(C)(C)C)[C@H]3CCN(C(=O)OC(C)(C)C)C3)c2)CC23C4C5C6C4C2C6(C[C@H](C(=O)OC(C)(C)C)[C@H]2CCN(C(=O)OC(C)(C)C)C2)C53)c1)[C@H]1CCN(C(=O)OC(C)(C)C)C1. The fraction of sp³-hybridized carbons (Fsp3) is 0.753. The Morgan fingerprint density at radius 2 is 0.844 bits per heavy atom. The van der Waals surface area contributed by atoms with Crippen LogP contribution in [0.3, 0.4) is 0 Å². The van der Waals surface area contributed by atoms with Crippen LogP contribution in [0.4, 0.5) is 14.4 Å². The molecular weight excluding hydrogens is 1140 g/mol. The van der Waals surface area contributed by atoms with Gasteiger partial charge in [-0.2, -0.15) is 0 Å². The van der Waals surface area contributed by atoms with E-state index >= 15 is 0 Å². The minimum absolute atomic E-state index is 0.00228. The number of likely N-dealkylation sites (tertiary alicyclic amines) is 3. The normalized spacial score (nSPS) is 29.1. The van der Waals surface area contributed by atoms with Crippen molar-refractivity contribution in [2.75, 3.05) is 58.9 Å². The van der Waals surface area contributed by atoms with Crippen LogP contribution in [0.5, 0.6) is 0 Å². The summed E-state index contributed by atoms with van der Waals surface area (Å²) in [4.78, 5) is 90.4. The third-order valence-electron chi connectivity index (χ3n) is 20.8. The molecule has 17 heteroatoms. The van der Waals surface area contributed by atoms with E-state index in [4.69, 9.17) is 28.4 Å². The number of ether oxygens (including phenoxy) is 6. The summed E-state index contributed by atoms with van der Waals surface area (Å²) in [5.41, 5.74) is 0.889. The van der Waals surface area contributed by atoms with Gasteiger partial charge in [0.1, 0.15) is 33.6 Å². The Morgan fingerprint density at radius 1 is 0.489 bits per heavy atom. The molecule has 17 nitrogen and oxygen atoms in total. The zero-order valence-corrected chi connectivity index (χ0v) is 57.8. The number of nitrogens with one attached hydrogen (secondary N) is 1. The molecule has 3 heterocycles. The van der Waals surface area contributed by atoms with Crippen LogP contribution in [-0.4, -0.2) is 148 Å². The molecule has 1 N–H and O–H groups in total. The fourth-order valence-electron chi connectivity index (χ4n) is 18.1. The monoisotopic (exact) mass is 1250 g/mol. The molecule has 10 atom stereocenters. The maximum absolute atomic E-state index is 14.5. The summed E-state index contributed by atoms with van der Waals surface area (Å²) in [7, 11) is 0. The molecule has 11 rings (SSSR count). The van der Waals surface area contributed by atoms with E-state index in [1.54, 1.807) is 14.7 Å². The Labute approximate surface area is 537 Å². The highest BCUT2D eigenvalue weighted by Gasteiger charge is 3.09. The van der Waals surface area contributed by atoms with Gasteiger partial charge in [-0.25, -0.2) is 14.4 Å². The molecular formula is C73H109N5O12. The van der Waals surface area contributed by atoms with Gasteiger partial charge in [0.15, 0.2) is 0 Å². The average molecular weight is 1250 g/mol. The smallest absolute Gasteiger partial charge is 0.410 e. The van der Waals surface area contributed by atoms with Crippen molar-refractivity contribution in [1.29, 1.82) is 0 Å². The number of carbonyl (C=O) groups is 6.